The summed E-state index contributed by atoms with van der Waals surface area (Å²) in [5.74, 6) is 0.647. The van der Waals surface area contributed by atoms with Gasteiger partial charge in [-0.3, -0.25) is 0 Å². The van der Waals surface area contributed by atoms with Crippen LogP contribution >= 0.6 is 11.3 Å². The molecule has 0 amide bonds. The summed E-state index contributed by atoms with van der Waals surface area (Å²) < 4.78 is 5.43. The molecule has 1 aromatic rings. The highest BCUT2D eigenvalue weighted by atomic mass is 32.1. The largest absolute Gasteiger partial charge is 0.469 e. The van der Waals surface area contributed by atoms with E-state index in [1.807, 2.05) is 0 Å². The van der Waals surface area contributed by atoms with Crippen LogP contribution in [-0.2, 0) is 0 Å². The Kier molecular flexibility index (Phi) is 2.53. The summed E-state index contributed by atoms with van der Waals surface area (Å²) in [5.41, 5.74) is 1.68. The molecule has 2 heterocycles. The van der Waals surface area contributed by atoms with Crippen LogP contribution < -0.4 is 10.1 Å². The van der Waals surface area contributed by atoms with E-state index < -0.39 is 0 Å². The molecular weight excluding hydrogens is 174 g/mol. The van der Waals surface area contributed by atoms with Crippen LogP contribution in [-0.4, -0.2) is 29.9 Å². The smallest absolute Gasteiger partial charge is 0.293 e. The lowest BCUT2D eigenvalue weighted by Crippen LogP contribution is -2.15. The molecule has 1 saturated heterocycles. The van der Waals surface area contributed by atoms with Gasteiger partial charge in [0.25, 0.3) is 5.19 Å². The average molecular weight is 185 g/mol. The van der Waals surface area contributed by atoms with Gasteiger partial charge >= 0.3 is 0 Å². The zero-order valence-electron chi connectivity index (χ0n) is 6.69. The van der Waals surface area contributed by atoms with Gasteiger partial charge < -0.3 is 10.1 Å². The molecule has 1 N–H and O–H groups in total. The lowest BCUT2D eigenvalue weighted by atomic mass is 10.1. The molecule has 0 radical (unpaired) electrons. The van der Waals surface area contributed by atoms with Gasteiger partial charge in [0.2, 0.25) is 0 Å². The number of nitrogens with one attached hydrogen (secondary N) is 1. The van der Waals surface area contributed by atoms with Crippen molar-refractivity contribution < 1.29 is 4.74 Å². The maximum absolute atomic E-state index is 5.43. The molecule has 0 aliphatic carbocycles. The van der Waals surface area contributed by atoms with E-state index in [0.717, 1.165) is 19.7 Å². The van der Waals surface area contributed by atoms with Gasteiger partial charge in [0.1, 0.15) is 5.51 Å². The van der Waals surface area contributed by atoms with Crippen molar-refractivity contribution in [1.29, 1.82) is 0 Å². The first-order chi connectivity index (χ1) is 5.95. The Hall–Kier alpha value is -0.680. The van der Waals surface area contributed by atoms with Gasteiger partial charge in [-0.2, -0.15) is 0 Å². The van der Waals surface area contributed by atoms with Crippen LogP contribution in [0.5, 0.6) is 5.19 Å². The number of ether oxygens (including phenoxy) is 1. The van der Waals surface area contributed by atoms with E-state index >= 15 is 0 Å². The molecular formula is C7H11N3OS. The van der Waals surface area contributed by atoms with Gasteiger partial charge in [0.15, 0.2) is 0 Å². The van der Waals surface area contributed by atoms with E-state index in [1.54, 1.807) is 5.51 Å². The topological polar surface area (TPSA) is 47.0 Å². The zero-order valence-corrected chi connectivity index (χ0v) is 7.51. The van der Waals surface area contributed by atoms with Crippen LogP contribution in [0.1, 0.15) is 6.42 Å². The first-order valence-electron chi connectivity index (χ1n) is 4.05. The van der Waals surface area contributed by atoms with E-state index in [4.69, 9.17) is 4.74 Å². The van der Waals surface area contributed by atoms with Crippen molar-refractivity contribution >= 4 is 11.3 Å². The first kappa shape index (κ1) is 7.94. The zero-order chi connectivity index (χ0) is 8.23. The standard InChI is InChI=1S/C7H11N3OS/c1-2-8-3-6(1)4-11-7-10-9-5-12-7/h5-6,8H,1-4H2. The predicted octanol–water partition coefficient (Wildman–Crippen LogP) is 0.526. The second kappa shape index (κ2) is 3.82. The van der Waals surface area contributed by atoms with Crippen LogP contribution in [0.15, 0.2) is 5.51 Å². The third-order valence-corrected chi connectivity index (χ3v) is 2.55. The maximum atomic E-state index is 5.43. The molecule has 66 valence electrons. The molecule has 1 unspecified atom stereocenters. The van der Waals surface area contributed by atoms with E-state index in [2.05, 4.69) is 15.5 Å². The van der Waals surface area contributed by atoms with Crippen molar-refractivity contribution in [2.45, 2.75) is 6.42 Å². The Morgan fingerprint density at radius 1 is 1.75 bits per heavy atom. The number of rotatable bonds is 3. The molecule has 1 fully saturated rings. The Balaban J connectivity index is 1.74. The predicted molar refractivity (Wildman–Crippen MR) is 46.4 cm³/mol. The fourth-order valence-electron chi connectivity index (χ4n) is 1.27. The van der Waals surface area contributed by atoms with Crippen molar-refractivity contribution in [3.05, 3.63) is 5.51 Å². The van der Waals surface area contributed by atoms with Crippen molar-refractivity contribution in [2.75, 3.05) is 19.7 Å². The minimum Gasteiger partial charge on any atom is -0.469 e. The third-order valence-electron chi connectivity index (χ3n) is 1.94. The van der Waals surface area contributed by atoms with Gasteiger partial charge in [0, 0.05) is 12.5 Å². The van der Waals surface area contributed by atoms with E-state index in [0.29, 0.717) is 11.1 Å². The Morgan fingerprint density at radius 2 is 2.75 bits per heavy atom. The minimum absolute atomic E-state index is 0.647. The molecule has 0 saturated carbocycles. The van der Waals surface area contributed by atoms with Crippen LogP contribution in [0.25, 0.3) is 0 Å². The minimum atomic E-state index is 0.647. The van der Waals surface area contributed by atoms with Crippen LogP contribution in [0.3, 0.4) is 0 Å². The molecule has 1 aromatic heterocycles. The number of aromatic nitrogens is 2. The van der Waals surface area contributed by atoms with E-state index in [1.165, 1.54) is 17.8 Å². The number of nitrogens with zero attached hydrogens (tertiary/aromatic N) is 2. The highest BCUT2D eigenvalue weighted by Gasteiger charge is 2.15. The lowest BCUT2D eigenvalue weighted by molar-refractivity contribution is 0.257. The highest BCUT2D eigenvalue weighted by Crippen LogP contribution is 2.14. The Labute approximate surface area is 75.0 Å². The monoisotopic (exact) mass is 185 g/mol. The normalized spacial score (nSPS) is 22.8. The molecule has 0 aromatic carbocycles. The SMILES string of the molecule is c1nnc(OCC2CCNC2)s1. The molecule has 0 bridgehead atoms. The van der Waals surface area contributed by atoms with Crippen LogP contribution in [0.2, 0.25) is 0 Å². The lowest BCUT2D eigenvalue weighted by Gasteiger charge is -2.06. The summed E-state index contributed by atoms with van der Waals surface area (Å²) in [7, 11) is 0. The summed E-state index contributed by atoms with van der Waals surface area (Å²) in [6.45, 7) is 2.95. The van der Waals surface area contributed by atoms with Crippen molar-refractivity contribution in [1.82, 2.24) is 15.5 Å². The van der Waals surface area contributed by atoms with Gasteiger partial charge in [-0.15, -0.1) is 10.2 Å². The molecule has 1 atom stereocenters. The van der Waals surface area contributed by atoms with Gasteiger partial charge in [0.05, 0.1) is 6.61 Å². The summed E-state index contributed by atoms with van der Waals surface area (Å²) in [4.78, 5) is 0. The number of hydrogen-bond acceptors (Lipinski definition) is 5. The molecule has 4 nitrogen and oxygen atoms in total. The molecule has 5 heteroatoms. The average Bonchev–Trinajstić information content (AvgIpc) is 2.74. The third kappa shape index (κ3) is 1.92. The summed E-state index contributed by atoms with van der Waals surface area (Å²) in [6, 6.07) is 0. The Bertz CT molecular complexity index is 221. The second-order valence-electron chi connectivity index (χ2n) is 2.87. The molecule has 1 aliphatic heterocycles. The van der Waals surface area contributed by atoms with Gasteiger partial charge in [-0.25, -0.2) is 0 Å². The van der Waals surface area contributed by atoms with E-state index in [9.17, 15) is 0 Å². The van der Waals surface area contributed by atoms with Crippen molar-refractivity contribution in [3.8, 4) is 5.19 Å². The van der Waals surface area contributed by atoms with Crippen molar-refractivity contribution in [2.24, 2.45) is 5.92 Å². The maximum Gasteiger partial charge on any atom is 0.293 e. The summed E-state index contributed by atoms with van der Waals surface area (Å²) in [6.07, 6.45) is 1.21. The van der Waals surface area contributed by atoms with Crippen LogP contribution in [0, 0.1) is 5.92 Å². The fraction of sp³-hybridized carbons (Fsp3) is 0.714. The Morgan fingerprint density at radius 3 is 3.42 bits per heavy atom. The summed E-state index contributed by atoms with van der Waals surface area (Å²) >= 11 is 1.44. The summed E-state index contributed by atoms with van der Waals surface area (Å²) in [5, 5.41) is 11.5. The quantitative estimate of drug-likeness (QED) is 0.746. The molecule has 12 heavy (non-hydrogen) atoms. The second-order valence-corrected chi connectivity index (χ2v) is 3.67. The molecule has 2 rings (SSSR count). The van der Waals surface area contributed by atoms with E-state index in [-0.39, 0.29) is 0 Å². The van der Waals surface area contributed by atoms with Gasteiger partial charge in [-0.05, 0) is 13.0 Å². The van der Waals surface area contributed by atoms with Crippen molar-refractivity contribution in [3.63, 3.8) is 0 Å². The number of hydrogen-bond donors (Lipinski definition) is 1. The highest BCUT2D eigenvalue weighted by molar-refractivity contribution is 7.11. The molecule has 1 aliphatic rings. The van der Waals surface area contributed by atoms with Gasteiger partial charge in [-0.1, -0.05) is 11.3 Å². The molecule has 0 spiro atoms. The fourth-order valence-corrected chi connectivity index (χ4v) is 1.69. The first-order valence-corrected chi connectivity index (χ1v) is 4.93. The van der Waals surface area contributed by atoms with Crippen LogP contribution in [0.4, 0.5) is 0 Å².